The summed E-state index contributed by atoms with van der Waals surface area (Å²) in [5.41, 5.74) is 0.125. The van der Waals surface area contributed by atoms with Gasteiger partial charge in [-0.25, -0.2) is 9.59 Å². The molecule has 4 aliphatic rings. The van der Waals surface area contributed by atoms with E-state index in [2.05, 4.69) is 19.7 Å². The molecule has 2 saturated heterocycles. The number of aliphatic hydroxyl groups excluding tert-OH is 2. The Hall–Kier alpha value is -1.96. The first-order valence-electron chi connectivity index (χ1n) is 8.63. The first kappa shape index (κ1) is 17.5. The van der Waals surface area contributed by atoms with Crippen LogP contribution in [-0.4, -0.2) is 58.8 Å². The lowest BCUT2D eigenvalue weighted by Crippen LogP contribution is -2.43. The fourth-order valence-electron chi connectivity index (χ4n) is 4.84. The van der Waals surface area contributed by atoms with Crippen LogP contribution in [0.5, 0.6) is 0 Å². The molecule has 140 valence electrons. The van der Waals surface area contributed by atoms with E-state index in [1.807, 2.05) is 0 Å². The van der Waals surface area contributed by atoms with Crippen LogP contribution in [0.4, 0.5) is 0 Å². The normalized spacial score (nSPS) is 46.4. The molecule has 7 nitrogen and oxygen atoms in total. The molecule has 0 aromatic rings. The molecule has 2 aliphatic heterocycles. The second kappa shape index (κ2) is 5.52. The molecule has 4 rings (SSSR count). The van der Waals surface area contributed by atoms with Gasteiger partial charge < -0.3 is 24.4 Å². The summed E-state index contributed by atoms with van der Waals surface area (Å²) in [5, 5.41) is 21.1. The minimum atomic E-state index is -1.09. The second-order valence-electron chi connectivity index (χ2n) is 7.74. The molecule has 7 heteroatoms. The highest BCUT2D eigenvalue weighted by atomic mass is 16.6. The number of carbonyl (C=O) groups is 2. The van der Waals surface area contributed by atoms with E-state index in [0.29, 0.717) is 5.57 Å². The number of hydrogen-bond donors (Lipinski definition) is 2. The number of fused-ring (bicyclic) bond motifs is 4. The number of carbonyl (C=O) groups excluding carboxylic acids is 2. The average Bonchev–Trinajstić information content (AvgIpc) is 3.28. The maximum atomic E-state index is 12.2. The van der Waals surface area contributed by atoms with Gasteiger partial charge in [0, 0.05) is 29.4 Å². The molecule has 1 spiro atoms. The first-order chi connectivity index (χ1) is 12.2. The summed E-state index contributed by atoms with van der Waals surface area (Å²) in [6.07, 6.45) is -3.36. The molecule has 2 N–H and O–H groups in total. The van der Waals surface area contributed by atoms with E-state index >= 15 is 0 Å². The van der Waals surface area contributed by atoms with Crippen molar-refractivity contribution in [2.75, 3.05) is 6.61 Å². The summed E-state index contributed by atoms with van der Waals surface area (Å²) in [4.78, 5) is 24.3. The van der Waals surface area contributed by atoms with Gasteiger partial charge in [-0.2, -0.15) is 0 Å². The number of ether oxygens (including phenoxy) is 3. The molecule has 0 aromatic carbocycles. The zero-order valence-electron chi connectivity index (χ0n) is 14.5. The van der Waals surface area contributed by atoms with Crippen LogP contribution in [0.2, 0.25) is 0 Å². The molecular weight excluding hydrogens is 340 g/mol. The lowest BCUT2D eigenvalue weighted by Gasteiger charge is -2.30. The third-order valence-corrected chi connectivity index (χ3v) is 6.18. The summed E-state index contributed by atoms with van der Waals surface area (Å²) in [6, 6.07) is 0. The second-order valence-corrected chi connectivity index (χ2v) is 7.74. The van der Waals surface area contributed by atoms with Crippen molar-refractivity contribution in [2.24, 2.45) is 17.8 Å². The van der Waals surface area contributed by atoms with Gasteiger partial charge in [0.25, 0.3) is 0 Å². The molecule has 0 aromatic heterocycles. The lowest BCUT2D eigenvalue weighted by molar-refractivity contribution is -0.149. The number of aliphatic hydroxyl groups is 2. The molecular formula is C19H22O7. The Labute approximate surface area is 150 Å². The third kappa shape index (κ3) is 2.17. The van der Waals surface area contributed by atoms with Crippen LogP contribution in [-0.2, 0) is 23.8 Å². The van der Waals surface area contributed by atoms with Gasteiger partial charge >= 0.3 is 11.9 Å². The van der Waals surface area contributed by atoms with Crippen molar-refractivity contribution < 1.29 is 34.0 Å². The summed E-state index contributed by atoms with van der Waals surface area (Å²) in [6.45, 7) is 13.3. The van der Waals surface area contributed by atoms with Crippen molar-refractivity contribution in [3.05, 3.63) is 36.5 Å². The van der Waals surface area contributed by atoms with Crippen molar-refractivity contribution >= 4 is 11.9 Å². The van der Waals surface area contributed by atoms with Gasteiger partial charge in [0.05, 0.1) is 18.6 Å². The molecule has 2 aliphatic carbocycles. The number of epoxide rings is 1. The van der Waals surface area contributed by atoms with Gasteiger partial charge in [-0.1, -0.05) is 25.3 Å². The molecule has 8 atom stereocenters. The molecule has 8 unspecified atom stereocenters. The van der Waals surface area contributed by atoms with Gasteiger partial charge in [-0.05, 0) is 6.92 Å². The Morgan fingerprint density at radius 2 is 1.96 bits per heavy atom. The van der Waals surface area contributed by atoms with Crippen molar-refractivity contribution in [1.29, 1.82) is 0 Å². The van der Waals surface area contributed by atoms with E-state index in [9.17, 15) is 19.8 Å². The van der Waals surface area contributed by atoms with Gasteiger partial charge in [0.15, 0.2) is 0 Å². The van der Waals surface area contributed by atoms with E-state index < -0.39 is 59.7 Å². The molecule has 4 fully saturated rings. The minimum absolute atomic E-state index is 0.217. The van der Waals surface area contributed by atoms with Crippen molar-refractivity contribution in [3.63, 3.8) is 0 Å². The lowest BCUT2D eigenvalue weighted by atomic mass is 9.78. The summed E-state index contributed by atoms with van der Waals surface area (Å²) < 4.78 is 16.7. The number of rotatable bonds is 2. The van der Waals surface area contributed by atoms with Crippen LogP contribution in [0.3, 0.4) is 0 Å². The summed E-state index contributed by atoms with van der Waals surface area (Å²) in [7, 11) is 0. The van der Waals surface area contributed by atoms with Crippen molar-refractivity contribution in [3.8, 4) is 0 Å². The monoisotopic (exact) mass is 362 g/mol. The zero-order chi connectivity index (χ0) is 19.0. The highest BCUT2D eigenvalue weighted by Gasteiger charge is 2.74. The van der Waals surface area contributed by atoms with Crippen molar-refractivity contribution in [1.82, 2.24) is 0 Å². The van der Waals surface area contributed by atoms with Crippen LogP contribution in [0.1, 0.15) is 13.3 Å². The van der Waals surface area contributed by atoms with Crippen LogP contribution in [0.15, 0.2) is 36.5 Å². The standard InChI is InChI=1S/C19H22O7/c1-7(2)17(22)25-10-5-8(3)11-13(15-12(10)9(4)18(23)26-15)19(6-24-19)16(21)14(11)20/h10-16,20-21H,1,3-6H2,2H3. The van der Waals surface area contributed by atoms with Gasteiger partial charge in [-0.15, -0.1) is 0 Å². The molecule has 0 radical (unpaired) electrons. The zero-order valence-corrected chi connectivity index (χ0v) is 14.5. The topological polar surface area (TPSA) is 106 Å². The van der Waals surface area contributed by atoms with E-state index in [1.165, 1.54) is 0 Å². The average molecular weight is 362 g/mol. The Kier molecular flexibility index (Phi) is 3.70. The quantitative estimate of drug-likeness (QED) is 0.314. The predicted octanol–water partition coefficient (Wildman–Crippen LogP) is 0.269. The maximum absolute atomic E-state index is 12.2. The molecule has 2 saturated carbocycles. The minimum Gasteiger partial charge on any atom is -0.458 e. The van der Waals surface area contributed by atoms with Gasteiger partial charge in [0.2, 0.25) is 0 Å². The molecule has 26 heavy (non-hydrogen) atoms. The Morgan fingerprint density at radius 1 is 1.31 bits per heavy atom. The number of esters is 2. The largest absolute Gasteiger partial charge is 0.458 e. The van der Waals surface area contributed by atoms with Gasteiger partial charge in [0.1, 0.15) is 23.9 Å². The molecule has 0 amide bonds. The highest BCUT2D eigenvalue weighted by molar-refractivity contribution is 5.91. The molecule has 2 heterocycles. The first-order valence-corrected chi connectivity index (χ1v) is 8.63. The SMILES string of the molecule is C=C(C)C(=O)OC1CC(=C)C2C(O)C(O)C3(CO3)C2C2OC(=O)C(=C)C12. The molecule has 0 bridgehead atoms. The smallest absolute Gasteiger partial charge is 0.334 e. The number of hydrogen-bond acceptors (Lipinski definition) is 7. The van der Waals surface area contributed by atoms with Crippen LogP contribution < -0.4 is 0 Å². The Bertz CT molecular complexity index is 734. The highest BCUT2D eigenvalue weighted by Crippen LogP contribution is 2.60. The summed E-state index contributed by atoms with van der Waals surface area (Å²) in [5.74, 6) is -2.71. The predicted molar refractivity (Wildman–Crippen MR) is 88.6 cm³/mol. The van der Waals surface area contributed by atoms with E-state index in [1.54, 1.807) is 6.92 Å². The van der Waals surface area contributed by atoms with Crippen molar-refractivity contribution in [2.45, 2.75) is 43.4 Å². The van der Waals surface area contributed by atoms with Crippen LogP contribution in [0.25, 0.3) is 0 Å². The fourth-order valence-corrected chi connectivity index (χ4v) is 4.84. The maximum Gasteiger partial charge on any atom is 0.334 e. The fraction of sp³-hybridized carbons (Fsp3) is 0.579. The summed E-state index contributed by atoms with van der Waals surface area (Å²) >= 11 is 0. The van der Waals surface area contributed by atoms with Gasteiger partial charge in [-0.3, -0.25) is 0 Å². The van der Waals surface area contributed by atoms with Crippen LogP contribution in [0, 0.1) is 17.8 Å². The van der Waals surface area contributed by atoms with Crippen LogP contribution >= 0.6 is 0 Å². The Balaban J connectivity index is 1.76. The van der Waals surface area contributed by atoms with E-state index in [-0.39, 0.29) is 24.2 Å². The third-order valence-electron chi connectivity index (χ3n) is 6.18. The van der Waals surface area contributed by atoms with E-state index in [0.717, 1.165) is 0 Å². The Morgan fingerprint density at radius 3 is 2.54 bits per heavy atom. The van der Waals surface area contributed by atoms with E-state index in [4.69, 9.17) is 14.2 Å².